The summed E-state index contributed by atoms with van der Waals surface area (Å²) >= 11 is 0. The first-order valence-corrected chi connectivity index (χ1v) is 0. The second-order valence-corrected chi connectivity index (χ2v) is 0. The summed E-state index contributed by atoms with van der Waals surface area (Å²) in [6.07, 6.45) is 0. The van der Waals surface area contributed by atoms with E-state index in [0.29, 0.717) is 0 Å². The van der Waals surface area contributed by atoms with E-state index in [0.717, 1.165) is 0 Å². The third kappa shape index (κ3) is 9.28. The van der Waals surface area contributed by atoms with Gasteiger partial charge in [-0.15, -0.1) is 0 Å². The molecule has 4 heavy (non-hydrogen) atoms. The topological polar surface area (TPSA) is 0 Å². The van der Waals surface area contributed by atoms with Crippen molar-refractivity contribution in [2.24, 2.45) is 0 Å². The fraction of sp³-hybridized carbons (Fsp3) is 0. The smallest absolute Gasteiger partial charge is 0 e. The van der Waals surface area contributed by atoms with E-state index in [2.05, 4.69) is 0 Å². The van der Waals surface area contributed by atoms with Crippen molar-refractivity contribution >= 4 is 17.4 Å². The summed E-state index contributed by atoms with van der Waals surface area (Å²) in [7, 11) is 0. The van der Waals surface area contributed by atoms with E-state index < -0.39 is 0 Å². The third-order valence-corrected chi connectivity index (χ3v) is 0. The van der Waals surface area contributed by atoms with E-state index in [1.165, 1.54) is 0 Å². The van der Waals surface area contributed by atoms with Gasteiger partial charge in [0.1, 0.15) is 0 Å². The van der Waals surface area contributed by atoms with Crippen molar-refractivity contribution < 1.29 is 98.9 Å². The van der Waals surface area contributed by atoms with Crippen molar-refractivity contribution in [2.75, 3.05) is 0 Å². The minimum Gasteiger partial charge on any atom is 0 e. The van der Waals surface area contributed by atoms with Crippen LogP contribution in [-0.4, -0.2) is 17.4 Å². The molecule has 0 spiro atoms. The monoisotopic (exact) mass is 316 g/mol. The van der Waals surface area contributed by atoms with Gasteiger partial charge in [0, 0.05) is 98.9 Å². The van der Waals surface area contributed by atoms with E-state index in [9.17, 15) is 0 Å². The van der Waals surface area contributed by atoms with E-state index in [-0.39, 0.29) is 116 Å². The van der Waals surface area contributed by atoms with Crippen LogP contribution in [0.4, 0.5) is 0 Å². The number of hydrogen-bond acceptors (Lipinski definition) is 0. The summed E-state index contributed by atoms with van der Waals surface area (Å²) in [5.74, 6) is 0. The van der Waals surface area contributed by atoms with Gasteiger partial charge in [-0.3, -0.25) is 0 Å². The number of hydrogen-bond donors (Lipinski definition) is 0. The molecule has 0 rings (SSSR count). The molecule has 0 amide bonds. The fourth-order valence-electron chi connectivity index (χ4n) is 0. The first-order chi connectivity index (χ1) is 0. The molecule has 0 aromatic rings. The fourth-order valence-corrected chi connectivity index (χ4v) is 0. The quantitative estimate of drug-likeness (QED) is 0.494. The largest absolute Gasteiger partial charge is 0.187 e. The van der Waals surface area contributed by atoms with Gasteiger partial charge in [0.25, 0.3) is 0 Å². The van der Waals surface area contributed by atoms with Gasteiger partial charge < -0.3 is 0 Å². The summed E-state index contributed by atoms with van der Waals surface area (Å²) in [4.78, 5) is 0. The molecule has 4 heteroatoms. The zero-order chi connectivity index (χ0) is 0. The molecule has 2 radical (unpaired) electrons. The summed E-state index contributed by atoms with van der Waals surface area (Å²) in [5.41, 5.74) is 0. The van der Waals surface area contributed by atoms with Crippen LogP contribution in [0.3, 0.4) is 0 Å². The maximum Gasteiger partial charge on any atom is 0.187 e. The average molecular weight is 314 g/mol. The van der Waals surface area contributed by atoms with Crippen molar-refractivity contribution in [1.82, 2.24) is 0 Å². The van der Waals surface area contributed by atoms with Gasteiger partial charge >= 0.3 is 0 Å². The molecule has 0 heterocycles. The third-order valence-electron chi connectivity index (χ3n) is 0. The zero-order valence-corrected chi connectivity index (χ0v) is 8.82. The number of rotatable bonds is 0. The van der Waals surface area contributed by atoms with Gasteiger partial charge in [0.2, 0.25) is 0 Å². The Bertz CT molecular complexity index is 8.00. The molecule has 0 aliphatic rings. The summed E-state index contributed by atoms with van der Waals surface area (Å²) < 4.78 is 0. The molecule has 0 aromatic heterocycles. The maximum absolute atomic E-state index is 0. The normalized spacial score (nSPS) is 0. The van der Waals surface area contributed by atoms with Crippen LogP contribution in [0.5, 0.6) is 0 Å². The van der Waals surface area contributed by atoms with E-state index in [1.54, 1.807) is 0 Å². The molecular formula is H3AlScSmY. The SMILES string of the molecule is [AlH3].[Sc].[Sm].[Y]. The second-order valence-electron chi connectivity index (χ2n) is 0. The van der Waals surface area contributed by atoms with Crippen molar-refractivity contribution in [3.63, 3.8) is 0 Å². The molecule has 0 aliphatic heterocycles. The van der Waals surface area contributed by atoms with Gasteiger partial charge in [-0.2, -0.15) is 0 Å². The summed E-state index contributed by atoms with van der Waals surface area (Å²) in [6.45, 7) is 0. The van der Waals surface area contributed by atoms with Gasteiger partial charge in [-0.1, -0.05) is 0 Å². The van der Waals surface area contributed by atoms with E-state index >= 15 is 0 Å². The molecule has 0 bridgehead atoms. The van der Waals surface area contributed by atoms with Gasteiger partial charge in [-0.25, -0.2) is 0 Å². The van der Waals surface area contributed by atoms with Crippen LogP contribution in [0.1, 0.15) is 0 Å². The molecule has 0 nitrogen and oxygen atoms in total. The van der Waals surface area contributed by atoms with Gasteiger partial charge in [0.15, 0.2) is 17.4 Å². The second kappa shape index (κ2) is 15.8. The molecule has 0 unspecified atom stereocenters. The van der Waals surface area contributed by atoms with Gasteiger partial charge in [0.05, 0.1) is 0 Å². The molecule has 0 atom stereocenters. The minimum absolute atomic E-state index is 0. The maximum atomic E-state index is 0. The van der Waals surface area contributed by atoms with E-state index in [1.807, 2.05) is 0 Å². The molecule has 0 aliphatic carbocycles. The zero-order valence-electron chi connectivity index (χ0n) is 1.56. The van der Waals surface area contributed by atoms with Crippen LogP contribution >= 0.6 is 0 Å². The van der Waals surface area contributed by atoms with Crippen molar-refractivity contribution in [1.29, 1.82) is 0 Å². The molecule has 0 N–H and O–H groups in total. The predicted octanol–water partition coefficient (Wildman–Crippen LogP) is -1.19. The Kier molecular flexibility index (Phi) is 98.3. The molecular weight excluding hydrogens is 311 g/mol. The molecule has 0 saturated carbocycles. The first-order valence-electron chi connectivity index (χ1n) is 0. The Hall–Kier alpha value is 3.84. The Balaban J connectivity index is 0. The van der Waals surface area contributed by atoms with Crippen molar-refractivity contribution in [3.8, 4) is 0 Å². The van der Waals surface area contributed by atoms with E-state index in [4.69, 9.17) is 0 Å². The van der Waals surface area contributed by atoms with Crippen LogP contribution in [0.2, 0.25) is 0 Å². The Morgan fingerprint density at radius 1 is 1.00 bits per heavy atom. The molecule has 0 saturated heterocycles. The standard InChI is InChI=1S/Al.Sc.Sm.Y.3H. The predicted molar refractivity (Wildman–Crippen MR) is 9.94 cm³/mol. The molecule has 0 fully saturated rings. The van der Waals surface area contributed by atoms with Crippen LogP contribution in [0.25, 0.3) is 0 Å². The van der Waals surface area contributed by atoms with Crippen LogP contribution < -0.4 is 0 Å². The van der Waals surface area contributed by atoms with Crippen molar-refractivity contribution in [2.45, 2.75) is 0 Å². The minimum atomic E-state index is 0. The van der Waals surface area contributed by atoms with Crippen LogP contribution in [0, 0.1) is 40.4 Å². The van der Waals surface area contributed by atoms with Gasteiger partial charge in [-0.05, 0) is 0 Å². The molecule has 0 aromatic carbocycles. The van der Waals surface area contributed by atoms with Crippen molar-refractivity contribution in [3.05, 3.63) is 0 Å². The summed E-state index contributed by atoms with van der Waals surface area (Å²) in [6, 6.07) is 0. The summed E-state index contributed by atoms with van der Waals surface area (Å²) in [5, 5.41) is 0. The molecule has 18 valence electrons. The van der Waals surface area contributed by atoms with Crippen LogP contribution in [-0.2, 0) is 58.6 Å². The van der Waals surface area contributed by atoms with Crippen LogP contribution in [0.15, 0.2) is 0 Å². The Morgan fingerprint density at radius 2 is 1.00 bits per heavy atom. The Morgan fingerprint density at radius 3 is 1.00 bits per heavy atom. The first kappa shape index (κ1) is 24.9. The Labute approximate surface area is 113 Å². The average Bonchev–Trinajstić information content (AvgIpc) is 0.